The van der Waals surface area contributed by atoms with Gasteiger partial charge in [-0.05, 0) is 24.3 Å². The Labute approximate surface area is 103 Å². The first-order chi connectivity index (χ1) is 8.25. The molecule has 0 aliphatic heterocycles. The van der Waals surface area contributed by atoms with Crippen LogP contribution >= 0.6 is 11.6 Å². The maximum atomic E-state index is 5.91. The molecule has 0 amide bonds. The quantitative estimate of drug-likeness (QED) is 0.667. The molecule has 0 spiro atoms. The molecule has 2 aromatic carbocycles. The number of fused-ring (bicyclic) bond motifs is 1. The Morgan fingerprint density at radius 2 is 1.94 bits per heavy atom. The average molecular weight is 244 g/mol. The van der Waals surface area contributed by atoms with E-state index >= 15 is 0 Å². The monoisotopic (exact) mass is 243 g/mol. The van der Waals surface area contributed by atoms with Crippen LogP contribution in [0.2, 0.25) is 5.02 Å². The van der Waals surface area contributed by atoms with Crippen LogP contribution in [0.25, 0.3) is 16.6 Å². The van der Waals surface area contributed by atoms with Gasteiger partial charge in [-0.2, -0.15) is 5.10 Å². The number of nitrogens with two attached hydrogens (primary N) is 1. The third kappa shape index (κ3) is 1.65. The molecule has 0 aliphatic rings. The predicted octanol–water partition coefficient (Wildman–Crippen LogP) is 3.26. The molecule has 0 fully saturated rings. The molecule has 84 valence electrons. The normalized spacial score (nSPS) is 10.9. The van der Waals surface area contributed by atoms with Gasteiger partial charge in [0.1, 0.15) is 0 Å². The number of anilines is 1. The molecule has 4 heteroatoms. The lowest BCUT2D eigenvalue weighted by Crippen LogP contribution is -1.97. The van der Waals surface area contributed by atoms with E-state index in [2.05, 4.69) is 5.10 Å². The summed E-state index contributed by atoms with van der Waals surface area (Å²) < 4.78 is 1.85. The molecule has 1 heterocycles. The SMILES string of the molecule is Nc1cc(-n2ncc3ccccc32)ccc1Cl. The molecule has 3 nitrogen and oxygen atoms in total. The molecule has 0 unspecified atom stereocenters. The van der Waals surface area contributed by atoms with Gasteiger partial charge in [-0.3, -0.25) is 0 Å². The van der Waals surface area contributed by atoms with E-state index in [-0.39, 0.29) is 0 Å². The lowest BCUT2D eigenvalue weighted by molar-refractivity contribution is 0.911. The number of rotatable bonds is 1. The highest BCUT2D eigenvalue weighted by molar-refractivity contribution is 6.33. The summed E-state index contributed by atoms with van der Waals surface area (Å²) in [6.45, 7) is 0. The van der Waals surface area contributed by atoms with E-state index in [9.17, 15) is 0 Å². The van der Waals surface area contributed by atoms with Gasteiger partial charge in [0.05, 0.1) is 28.1 Å². The lowest BCUT2D eigenvalue weighted by Gasteiger charge is -2.05. The molecule has 0 radical (unpaired) electrons. The number of hydrogen-bond acceptors (Lipinski definition) is 2. The van der Waals surface area contributed by atoms with E-state index in [4.69, 9.17) is 17.3 Å². The van der Waals surface area contributed by atoms with E-state index in [0.717, 1.165) is 16.6 Å². The van der Waals surface area contributed by atoms with Crippen LogP contribution < -0.4 is 5.73 Å². The minimum absolute atomic E-state index is 0.559. The minimum Gasteiger partial charge on any atom is -0.397 e. The van der Waals surface area contributed by atoms with Crippen molar-refractivity contribution in [2.45, 2.75) is 0 Å². The summed E-state index contributed by atoms with van der Waals surface area (Å²) in [7, 11) is 0. The number of nitrogens with zero attached hydrogens (tertiary/aromatic N) is 2. The Balaban J connectivity index is 2.24. The predicted molar refractivity (Wildman–Crippen MR) is 70.5 cm³/mol. The summed E-state index contributed by atoms with van der Waals surface area (Å²) in [4.78, 5) is 0. The van der Waals surface area contributed by atoms with E-state index in [1.165, 1.54) is 0 Å². The maximum Gasteiger partial charge on any atom is 0.0741 e. The Bertz CT molecular complexity index is 688. The van der Waals surface area contributed by atoms with Crippen LogP contribution in [0.3, 0.4) is 0 Å². The fourth-order valence-corrected chi connectivity index (χ4v) is 1.96. The topological polar surface area (TPSA) is 43.8 Å². The summed E-state index contributed by atoms with van der Waals surface area (Å²) in [5.41, 5.74) is 8.32. The van der Waals surface area contributed by atoms with Crippen LogP contribution in [-0.2, 0) is 0 Å². The number of hydrogen-bond donors (Lipinski definition) is 1. The molecular weight excluding hydrogens is 234 g/mol. The van der Waals surface area contributed by atoms with Gasteiger partial charge in [0.25, 0.3) is 0 Å². The summed E-state index contributed by atoms with van der Waals surface area (Å²) in [6, 6.07) is 13.5. The first-order valence-corrected chi connectivity index (χ1v) is 5.62. The van der Waals surface area contributed by atoms with Crippen LogP contribution in [0.1, 0.15) is 0 Å². The van der Waals surface area contributed by atoms with Gasteiger partial charge < -0.3 is 5.73 Å². The van der Waals surface area contributed by atoms with Crippen LogP contribution in [0, 0.1) is 0 Å². The van der Waals surface area contributed by atoms with Gasteiger partial charge >= 0.3 is 0 Å². The van der Waals surface area contributed by atoms with Crippen molar-refractivity contribution in [1.29, 1.82) is 0 Å². The second-order valence-electron chi connectivity index (χ2n) is 3.82. The van der Waals surface area contributed by atoms with E-state index in [0.29, 0.717) is 10.7 Å². The third-order valence-corrected chi connectivity index (χ3v) is 3.05. The third-order valence-electron chi connectivity index (χ3n) is 2.70. The van der Waals surface area contributed by atoms with E-state index in [1.807, 2.05) is 47.3 Å². The fourth-order valence-electron chi connectivity index (χ4n) is 1.84. The smallest absolute Gasteiger partial charge is 0.0741 e. The molecule has 3 aromatic rings. The molecule has 17 heavy (non-hydrogen) atoms. The summed E-state index contributed by atoms with van der Waals surface area (Å²) in [5, 5.41) is 6.01. The van der Waals surface area contributed by atoms with Crippen molar-refractivity contribution in [3.05, 3.63) is 53.7 Å². The molecule has 2 N–H and O–H groups in total. The second-order valence-corrected chi connectivity index (χ2v) is 4.23. The standard InChI is InChI=1S/C13H10ClN3/c14-11-6-5-10(7-12(11)15)17-13-4-2-1-3-9(13)8-16-17/h1-8H,15H2. The van der Waals surface area contributed by atoms with Crippen LogP contribution in [0.15, 0.2) is 48.7 Å². The molecule has 0 aliphatic carbocycles. The number of halogens is 1. The number of aromatic nitrogens is 2. The molecule has 3 rings (SSSR count). The molecule has 1 aromatic heterocycles. The minimum atomic E-state index is 0.559. The van der Waals surface area contributed by atoms with Crippen molar-refractivity contribution >= 4 is 28.2 Å². The zero-order valence-corrected chi connectivity index (χ0v) is 9.72. The van der Waals surface area contributed by atoms with Crippen LogP contribution in [0.4, 0.5) is 5.69 Å². The van der Waals surface area contributed by atoms with Crippen molar-refractivity contribution in [3.63, 3.8) is 0 Å². The summed E-state index contributed by atoms with van der Waals surface area (Å²) in [5.74, 6) is 0. The fraction of sp³-hybridized carbons (Fsp3) is 0. The van der Waals surface area contributed by atoms with Gasteiger partial charge in [0, 0.05) is 5.39 Å². The van der Waals surface area contributed by atoms with Crippen molar-refractivity contribution in [2.75, 3.05) is 5.73 Å². The molecule has 0 saturated carbocycles. The van der Waals surface area contributed by atoms with Crippen LogP contribution in [-0.4, -0.2) is 9.78 Å². The molecule has 0 atom stereocenters. The second kappa shape index (κ2) is 3.79. The largest absolute Gasteiger partial charge is 0.397 e. The van der Waals surface area contributed by atoms with Gasteiger partial charge in [-0.25, -0.2) is 4.68 Å². The lowest BCUT2D eigenvalue weighted by atomic mass is 10.2. The Kier molecular flexibility index (Phi) is 2.27. The van der Waals surface area contributed by atoms with E-state index in [1.54, 1.807) is 6.07 Å². The van der Waals surface area contributed by atoms with Crippen molar-refractivity contribution in [1.82, 2.24) is 9.78 Å². The summed E-state index contributed by atoms with van der Waals surface area (Å²) in [6.07, 6.45) is 1.83. The highest BCUT2D eigenvalue weighted by Crippen LogP contribution is 2.24. The summed E-state index contributed by atoms with van der Waals surface area (Å²) >= 11 is 5.91. The van der Waals surface area contributed by atoms with E-state index < -0.39 is 0 Å². The Morgan fingerprint density at radius 1 is 1.12 bits per heavy atom. The maximum absolute atomic E-state index is 5.91. The van der Waals surface area contributed by atoms with Crippen molar-refractivity contribution in [2.24, 2.45) is 0 Å². The Morgan fingerprint density at radius 3 is 2.76 bits per heavy atom. The number of para-hydroxylation sites is 1. The van der Waals surface area contributed by atoms with Crippen molar-refractivity contribution in [3.8, 4) is 5.69 Å². The van der Waals surface area contributed by atoms with Crippen molar-refractivity contribution < 1.29 is 0 Å². The Hall–Kier alpha value is -2.00. The number of benzene rings is 2. The highest BCUT2D eigenvalue weighted by Gasteiger charge is 2.05. The van der Waals surface area contributed by atoms with Gasteiger partial charge in [-0.15, -0.1) is 0 Å². The number of nitrogen functional groups attached to an aromatic ring is 1. The van der Waals surface area contributed by atoms with Gasteiger partial charge in [0.15, 0.2) is 0 Å². The molecular formula is C13H10ClN3. The zero-order valence-electron chi connectivity index (χ0n) is 8.97. The molecule has 0 saturated heterocycles. The van der Waals surface area contributed by atoms with Gasteiger partial charge in [0.2, 0.25) is 0 Å². The molecule has 0 bridgehead atoms. The first-order valence-electron chi connectivity index (χ1n) is 5.24. The van der Waals surface area contributed by atoms with Gasteiger partial charge in [-0.1, -0.05) is 29.8 Å². The van der Waals surface area contributed by atoms with Crippen LogP contribution in [0.5, 0.6) is 0 Å². The zero-order chi connectivity index (χ0) is 11.8. The first kappa shape index (κ1) is 10.2. The highest BCUT2D eigenvalue weighted by atomic mass is 35.5. The average Bonchev–Trinajstić information content (AvgIpc) is 2.76.